The lowest BCUT2D eigenvalue weighted by Crippen LogP contribution is -2.40. The number of nitrogens with zero attached hydrogens (tertiary/aromatic N) is 1. The van der Waals surface area contributed by atoms with E-state index in [1.807, 2.05) is 37.3 Å². The molecule has 0 aliphatic carbocycles. The zero-order chi connectivity index (χ0) is 15.9. The lowest BCUT2D eigenvalue weighted by atomic mass is 10.0. The predicted molar refractivity (Wildman–Crippen MR) is 84.5 cm³/mol. The highest BCUT2D eigenvalue weighted by atomic mass is 16.4. The number of rotatable bonds is 7. The number of carbonyl (C=O) groups excluding carboxylic acids is 1. The first-order valence-electron chi connectivity index (χ1n) is 7.46. The van der Waals surface area contributed by atoms with Crippen molar-refractivity contribution in [3.05, 3.63) is 42.1 Å². The van der Waals surface area contributed by atoms with E-state index in [0.29, 0.717) is 19.3 Å². The summed E-state index contributed by atoms with van der Waals surface area (Å²) in [5.41, 5.74) is 1.94. The van der Waals surface area contributed by atoms with Crippen LogP contribution in [0.25, 0.3) is 10.9 Å². The van der Waals surface area contributed by atoms with Crippen LogP contribution in [-0.2, 0) is 16.0 Å². The third-order valence-corrected chi connectivity index (χ3v) is 3.57. The van der Waals surface area contributed by atoms with Gasteiger partial charge in [-0.25, -0.2) is 4.79 Å². The molecule has 1 aromatic carbocycles. The molecule has 0 saturated carbocycles. The number of carboxylic acid groups (broad SMARTS) is 1. The topological polar surface area (TPSA) is 79.3 Å². The summed E-state index contributed by atoms with van der Waals surface area (Å²) in [6.07, 6.45) is 3.72. The number of aliphatic carboxylic acids is 1. The molecule has 5 nitrogen and oxygen atoms in total. The molecule has 22 heavy (non-hydrogen) atoms. The van der Waals surface area contributed by atoms with Crippen LogP contribution in [0.15, 0.2) is 36.5 Å². The normalized spacial score (nSPS) is 12.0. The van der Waals surface area contributed by atoms with Crippen molar-refractivity contribution in [2.75, 3.05) is 0 Å². The fourth-order valence-electron chi connectivity index (χ4n) is 2.43. The molecule has 0 bridgehead atoms. The van der Waals surface area contributed by atoms with Crippen molar-refractivity contribution in [1.82, 2.24) is 10.3 Å². The number of carbonyl (C=O) groups is 2. The molecule has 0 saturated heterocycles. The van der Waals surface area contributed by atoms with E-state index in [1.54, 1.807) is 6.20 Å². The highest BCUT2D eigenvalue weighted by molar-refractivity contribution is 5.85. The SMILES string of the molecule is CCCC(NC(=O)CCc1ccnc2ccccc12)C(=O)O. The number of hydrogen-bond acceptors (Lipinski definition) is 3. The maximum Gasteiger partial charge on any atom is 0.326 e. The monoisotopic (exact) mass is 300 g/mol. The third-order valence-electron chi connectivity index (χ3n) is 3.57. The van der Waals surface area contributed by atoms with Crippen molar-refractivity contribution in [2.24, 2.45) is 0 Å². The summed E-state index contributed by atoms with van der Waals surface area (Å²) >= 11 is 0. The number of amides is 1. The van der Waals surface area contributed by atoms with Crippen molar-refractivity contribution < 1.29 is 14.7 Å². The lowest BCUT2D eigenvalue weighted by Gasteiger charge is -2.13. The molecule has 5 heteroatoms. The second-order valence-corrected chi connectivity index (χ2v) is 5.23. The molecule has 0 fully saturated rings. The average Bonchev–Trinajstić information content (AvgIpc) is 2.52. The van der Waals surface area contributed by atoms with Gasteiger partial charge in [0, 0.05) is 18.0 Å². The fourth-order valence-corrected chi connectivity index (χ4v) is 2.43. The average molecular weight is 300 g/mol. The molecule has 2 rings (SSSR count). The van der Waals surface area contributed by atoms with Crippen molar-refractivity contribution in [3.8, 4) is 0 Å². The Morgan fingerprint density at radius 2 is 2.05 bits per heavy atom. The van der Waals surface area contributed by atoms with Crippen LogP contribution in [0.1, 0.15) is 31.7 Å². The maximum atomic E-state index is 12.0. The predicted octanol–water partition coefficient (Wildman–Crippen LogP) is 2.54. The number of aromatic nitrogens is 1. The summed E-state index contributed by atoms with van der Waals surface area (Å²) in [6.45, 7) is 1.89. The summed E-state index contributed by atoms with van der Waals surface area (Å²) in [5, 5.41) is 12.7. The molecule has 116 valence electrons. The maximum absolute atomic E-state index is 12.0. The van der Waals surface area contributed by atoms with Crippen LogP contribution in [-0.4, -0.2) is 28.0 Å². The molecule has 0 radical (unpaired) electrons. The van der Waals surface area contributed by atoms with E-state index in [1.165, 1.54) is 0 Å². The van der Waals surface area contributed by atoms with E-state index >= 15 is 0 Å². The number of benzene rings is 1. The van der Waals surface area contributed by atoms with Gasteiger partial charge in [0.15, 0.2) is 0 Å². The lowest BCUT2D eigenvalue weighted by molar-refractivity contribution is -0.142. The second-order valence-electron chi connectivity index (χ2n) is 5.23. The summed E-state index contributed by atoms with van der Waals surface area (Å²) in [4.78, 5) is 27.3. The number of aryl methyl sites for hydroxylation is 1. The molecule has 2 aromatic rings. The zero-order valence-electron chi connectivity index (χ0n) is 12.6. The third kappa shape index (κ3) is 4.04. The van der Waals surface area contributed by atoms with Crippen LogP contribution in [0, 0.1) is 0 Å². The molecule has 0 spiro atoms. The first-order chi connectivity index (χ1) is 10.6. The fraction of sp³-hybridized carbons (Fsp3) is 0.353. The van der Waals surface area contributed by atoms with Gasteiger partial charge in [-0.15, -0.1) is 0 Å². The molecule has 2 N–H and O–H groups in total. The number of nitrogens with one attached hydrogen (secondary N) is 1. The van der Waals surface area contributed by atoms with Gasteiger partial charge in [0.2, 0.25) is 5.91 Å². The van der Waals surface area contributed by atoms with E-state index < -0.39 is 12.0 Å². The first kappa shape index (κ1) is 15.9. The Morgan fingerprint density at radius 1 is 1.27 bits per heavy atom. The number of carboxylic acids is 1. The van der Waals surface area contributed by atoms with Gasteiger partial charge < -0.3 is 10.4 Å². The molecule has 0 aliphatic heterocycles. The van der Waals surface area contributed by atoms with Gasteiger partial charge in [-0.3, -0.25) is 9.78 Å². The Morgan fingerprint density at radius 3 is 2.77 bits per heavy atom. The number of fused-ring (bicyclic) bond motifs is 1. The van der Waals surface area contributed by atoms with Crippen LogP contribution < -0.4 is 5.32 Å². The summed E-state index contributed by atoms with van der Waals surface area (Å²) in [5.74, 6) is -1.22. The van der Waals surface area contributed by atoms with Crippen LogP contribution in [0.2, 0.25) is 0 Å². The van der Waals surface area contributed by atoms with Crippen molar-refractivity contribution in [1.29, 1.82) is 0 Å². The summed E-state index contributed by atoms with van der Waals surface area (Å²) in [7, 11) is 0. The molecular weight excluding hydrogens is 280 g/mol. The Hall–Kier alpha value is -2.43. The number of pyridine rings is 1. The van der Waals surface area contributed by atoms with Crippen LogP contribution in [0.5, 0.6) is 0 Å². The quantitative estimate of drug-likeness (QED) is 0.823. The Bertz CT molecular complexity index is 665. The zero-order valence-corrected chi connectivity index (χ0v) is 12.6. The Kier molecular flexibility index (Phi) is 5.47. The molecule has 1 unspecified atom stereocenters. The first-order valence-corrected chi connectivity index (χ1v) is 7.46. The van der Waals surface area contributed by atoms with Crippen molar-refractivity contribution >= 4 is 22.8 Å². The molecule has 1 amide bonds. The van der Waals surface area contributed by atoms with E-state index in [0.717, 1.165) is 16.5 Å². The Labute approximate surface area is 129 Å². The van der Waals surface area contributed by atoms with E-state index in [-0.39, 0.29) is 12.3 Å². The second kappa shape index (κ2) is 7.54. The van der Waals surface area contributed by atoms with Gasteiger partial charge in [-0.05, 0) is 30.5 Å². The molecule has 0 aliphatic rings. The van der Waals surface area contributed by atoms with Crippen LogP contribution >= 0.6 is 0 Å². The molecule has 1 aromatic heterocycles. The summed E-state index contributed by atoms with van der Waals surface area (Å²) < 4.78 is 0. The minimum absolute atomic E-state index is 0.234. The van der Waals surface area contributed by atoms with Gasteiger partial charge in [-0.2, -0.15) is 0 Å². The van der Waals surface area contributed by atoms with Gasteiger partial charge >= 0.3 is 5.97 Å². The smallest absolute Gasteiger partial charge is 0.326 e. The minimum Gasteiger partial charge on any atom is -0.480 e. The standard InChI is InChI=1S/C17H20N2O3/c1-2-5-15(17(21)22)19-16(20)9-8-12-10-11-18-14-7-4-3-6-13(12)14/h3-4,6-7,10-11,15H,2,5,8-9H2,1H3,(H,19,20)(H,21,22). The van der Waals surface area contributed by atoms with E-state index in [4.69, 9.17) is 5.11 Å². The molecular formula is C17H20N2O3. The van der Waals surface area contributed by atoms with Crippen molar-refractivity contribution in [3.63, 3.8) is 0 Å². The highest BCUT2D eigenvalue weighted by Gasteiger charge is 2.18. The highest BCUT2D eigenvalue weighted by Crippen LogP contribution is 2.17. The number of para-hydroxylation sites is 1. The summed E-state index contributed by atoms with van der Waals surface area (Å²) in [6, 6.07) is 8.87. The molecule has 1 atom stereocenters. The van der Waals surface area contributed by atoms with Gasteiger partial charge in [0.1, 0.15) is 6.04 Å². The van der Waals surface area contributed by atoms with Gasteiger partial charge in [0.25, 0.3) is 0 Å². The molecule has 1 heterocycles. The van der Waals surface area contributed by atoms with Gasteiger partial charge in [-0.1, -0.05) is 31.5 Å². The minimum atomic E-state index is -0.982. The van der Waals surface area contributed by atoms with Crippen LogP contribution in [0.4, 0.5) is 0 Å². The van der Waals surface area contributed by atoms with E-state index in [9.17, 15) is 9.59 Å². The van der Waals surface area contributed by atoms with E-state index in [2.05, 4.69) is 10.3 Å². The van der Waals surface area contributed by atoms with Gasteiger partial charge in [0.05, 0.1) is 5.52 Å². The largest absolute Gasteiger partial charge is 0.480 e. The van der Waals surface area contributed by atoms with Crippen molar-refractivity contribution in [2.45, 2.75) is 38.6 Å². The number of hydrogen-bond donors (Lipinski definition) is 2. The Balaban J connectivity index is 1.99. The van der Waals surface area contributed by atoms with Crippen LogP contribution in [0.3, 0.4) is 0 Å².